The van der Waals surface area contributed by atoms with Crippen LogP contribution in [0.4, 0.5) is 0 Å². The minimum atomic E-state index is -0.123. The number of hydrogen-bond donors (Lipinski definition) is 0. The zero-order valence-electron chi connectivity index (χ0n) is 13.3. The number of aromatic nitrogens is 5. The molecule has 0 saturated carbocycles. The van der Waals surface area contributed by atoms with Crippen LogP contribution in [0.5, 0.6) is 5.75 Å². The predicted octanol–water partition coefficient (Wildman–Crippen LogP) is 4.54. The summed E-state index contributed by atoms with van der Waals surface area (Å²) in [7, 11) is 0. The van der Waals surface area contributed by atoms with E-state index in [2.05, 4.69) is 43.1 Å². The first-order valence-electron chi connectivity index (χ1n) is 7.79. The van der Waals surface area contributed by atoms with Crippen LogP contribution < -0.4 is 4.74 Å². The molecule has 0 bridgehead atoms. The maximum atomic E-state index is 6.08. The highest BCUT2D eigenvalue weighted by Gasteiger charge is 2.20. The van der Waals surface area contributed by atoms with E-state index in [1.165, 1.54) is 11.3 Å². The maximum absolute atomic E-state index is 6.08. The second kappa shape index (κ2) is 6.89. The van der Waals surface area contributed by atoms with Crippen molar-refractivity contribution >= 4 is 32.2 Å². The Morgan fingerprint density at radius 3 is 2.80 bits per heavy atom. The third kappa shape index (κ3) is 3.27. The lowest BCUT2D eigenvalue weighted by atomic mass is 10.3. The minimum absolute atomic E-state index is 0.123. The Morgan fingerprint density at radius 1 is 1.20 bits per heavy atom. The molecule has 0 saturated heterocycles. The Labute approximate surface area is 156 Å². The van der Waals surface area contributed by atoms with E-state index in [1.54, 1.807) is 16.9 Å². The molecule has 0 aliphatic heterocycles. The van der Waals surface area contributed by atoms with Crippen LogP contribution in [0.25, 0.3) is 16.3 Å². The van der Waals surface area contributed by atoms with E-state index in [0.717, 1.165) is 32.2 Å². The molecule has 8 heteroatoms. The van der Waals surface area contributed by atoms with E-state index in [4.69, 9.17) is 4.74 Å². The fourth-order valence-corrected chi connectivity index (χ4v) is 3.76. The molecule has 0 radical (unpaired) electrons. The summed E-state index contributed by atoms with van der Waals surface area (Å²) in [5, 5.41) is 14.0. The van der Waals surface area contributed by atoms with Crippen LogP contribution >= 0.6 is 27.3 Å². The second-order valence-corrected chi connectivity index (χ2v) is 7.28. The van der Waals surface area contributed by atoms with Crippen molar-refractivity contribution in [1.29, 1.82) is 0 Å². The lowest BCUT2D eigenvalue weighted by molar-refractivity contribution is 0.199. The number of nitrogens with zero attached hydrogens (tertiary/aromatic N) is 5. The van der Waals surface area contributed by atoms with Crippen molar-refractivity contribution in [1.82, 2.24) is 24.8 Å². The van der Waals surface area contributed by atoms with Gasteiger partial charge in [-0.2, -0.15) is 9.61 Å². The molecule has 3 aromatic heterocycles. The van der Waals surface area contributed by atoms with Gasteiger partial charge < -0.3 is 4.74 Å². The van der Waals surface area contributed by atoms with Gasteiger partial charge in [0.2, 0.25) is 4.96 Å². The van der Waals surface area contributed by atoms with E-state index in [0.29, 0.717) is 5.82 Å². The summed E-state index contributed by atoms with van der Waals surface area (Å²) < 4.78 is 8.72. The van der Waals surface area contributed by atoms with Crippen LogP contribution in [0.15, 0.2) is 53.3 Å². The number of para-hydroxylation sites is 1. The summed E-state index contributed by atoms with van der Waals surface area (Å²) in [6.45, 7) is 2.08. The smallest absolute Gasteiger partial charge is 0.235 e. The van der Waals surface area contributed by atoms with Crippen LogP contribution in [0.2, 0.25) is 0 Å². The number of rotatable bonds is 5. The molecule has 1 aromatic carbocycles. The molecule has 4 aromatic rings. The number of fused-ring (bicyclic) bond motifs is 1. The maximum Gasteiger partial charge on any atom is 0.235 e. The van der Waals surface area contributed by atoms with E-state index in [9.17, 15) is 0 Å². The number of benzene rings is 1. The summed E-state index contributed by atoms with van der Waals surface area (Å²) in [5.41, 5.74) is 0.857. The van der Waals surface area contributed by atoms with Gasteiger partial charge in [-0.3, -0.25) is 4.98 Å². The molecule has 0 spiro atoms. The quantitative estimate of drug-likeness (QED) is 0.478. The summed E-state index contributed by atoms with van der Waals surface area (Å²) in [6, 6.07) is 11.7. The Balaban J connectivity index is 1.69. The molecule has 0 aliphatic carbocycles. The molecule has 0 N–H and O–H groups in total. The highest BCUT2D eigenvalue weighted by atomic mass is 79.9. The molecule has 0 aliphatic rings. The van der Waals surface area contributed by atoms with E-state index in [-0.39, 0.29) is 6.10 Å². The third-order valence-corrected chi connectivity index (χ3v) is 5.06. The molecule has 0 fully saturated rings. The molecular weight excluding hydrogens is 402 g/mol. The molecule has 0 unspecified atom stereocenters. The molecule has 3 heterocycles. The van der Waals surface area contributed by atoms with Crippen LogP contribution in [0.3, 0.4) is 0 Å². The summed E-state index contributed by atoms with van der Waals surface area (Å²) in [6.07, 6.45) is 4.17. The van der Waals surface area contributed by atoms with Gasteiger partial charge in [0.25, 0.3) is 0 Å². The molecule has 6 nitrogen and oxygen atoms in total. The molecule has 25 heavy (non-hydrogen) atoms. The summed E-state index contributed by atoms with van der Waals surface area (Å²) in [4.78, 5) is 4.92. The zero-order valence-corrected chi connectivity index (χ0v) is 15.7. The fraction of sp³-hybridized carbons (Fsp3) is 0.176. The van der Waals surface area contributed by atoms with Gasteiger partial charge in [0.05, 0.1) is 0 Å². The van der Waals surface area contributed by atoms with Gasteiger partial charge in [0.1, 0.15) is 5.75 Å². The number of ether oxygens (including phenoxy) is 1. The Kier molecular flexibility index (Phi) is 4.46. The SMILES string of the molecule is CC[C@@H](Oc1ccccc1)c1nn2c(-c3cncc(Br)c3)nnc2s1. The van der Waals surface area contributed by atoms with Crippen LogP contribution in [0.1, 0.15) is 24.5 Å². The highest BCUT2D eigenvalue weighted by Crippen LogP contribution is 2.30. The second-order valence-electron chi connectivity index (χ2n) is 5.38. The van der Waals surface area contributed by atoms with Crippen LogP contribution in [-0.4, -0.2) is 24.8 Å². The highest BCUT2D eigenvalue weighted by molar-refractivity contribution is 9.10. The van der Waals surface area contributed by atoms with Crippen molar-refractivity contribution in [2.24, 2.45) is 0 Å². The van der Waals surface area contributed by atoms with Crippen molar-refractivity contribution in [3.63, 3.8) is 0 Å². The average molecular weight is 416 g/mol. The molecule has 4 rings (SSSR count). The van der Waals surface area contributed by atoms with Gasteiger partial charge >= 0.3 is 0 Å². The lowest BCUT2D eigenvalue weighted by Gasteiger charge is -2.14. The lowest BCUT2D eigenvalue weighted by Crippen LogP contribution is -2.07. The van der Waals surface area contributed by atoms with E-state index < -0.39 is 0 Å². The number of pyridine rings is 1. The molecular formula is C17H14BrN5OS. The van der Waals surface area contributed by atoms with Crippen LogP contribution in [0, 0.1) is 0 Å². The molecule has 0 amide bonds. The van der Waals surface area contributed by atoms with Crippen molar-refractivity contribution in [3.05, 3.63) is 58.3 Å². The normalized spacial score (nSPS) is 12.4. The predicted molar refractivity (Wildman–Crippen MR) is 99.7 cm³/mol. The van der Waals surface area contributed by atoms with Gasteiger partial charge in [-0.15, -0.1) is 10.2 Å². The fourth-order valence-electron chi connectivity index (χ4n) is 2.45. The van der Waals surface area contributed by atoms with E-state index in [1.807, 2.05) is 36.4 Å². The number of halogens is 1. The van der Waals surface area contributed by atoms with Crippen LogP contribution in [-0.2, 0) is 0 Å². The third-order valence-electron chi connectivity index (χ3n) is 3.64. The van der Waals surface area contributed by atoms with Gasteiger partial charge in [-0.05, 0) is 40.5 Å². The first-order valence-corrected chi connectivity index (χ1v) is 9.40. The summed E-state index contributed by atoms with van der Waals surface area (Å²) in [5.74, 6) is 1.50. The standard InChI is InChI=1S/C17H14BrN5OS/c1-2-14(24-13-6-4-3-5-7-13)16-22-23-15(20-21-17(23)25-16)11-8-12(18)10-19-9-11/h3-10,14H,2H2,1H3/t14-/m1/s1. The summed E-state index contributed by atoms with van der Waals surface area (Å²) >= 11 is 4.92. The van der Waals surface area contributed by atoms with Gasteiger partial charge in [0.15, 0.2) is 16.9 Å². The van der Waals surface area contributed by atoms with Crippen molar-refractivity contribution in [2.45, 2.75) is 19.4 Å². The van der Waals surface area contributed by atoms with Gasteiger partial charge in [-0.25, -0.2) is 0 Å². The Morgan fingerprint density at radius 2 is 2.04 bits per heavy atom. The largest absolute Gasteiger partial charge is 0.483 e. The van der Waals surface area contributed by atoms with Crippen molar-refractivity contribution in [3.8, 4) is 17.1 Å². The Hall–Kier alpha value is -2.32. The minimum Gasteiger partial charge on any atom is -0.483 e. The topological polar surface area (TPSA) is 65.2 Å². The molecule has 126 valence electrons. The number of hydrogen-bond acceptors (Lipinski definition) is 6. The van der Waals surface area contributed by atoms with Crippen molar-refractivity contribution in [2.75, 3.05) is 0 Å². The van der Waals surface area contributed by atoms with Gasteiger partial charge in [0, 0.05) is 22.4 Å². The average Bonchev–Trinajstić information content (AvgIpc) is 3.21. The Bertz CT molecular complexity index is 1000. The van der Waals surface area contributed by atoms with Crippen molar-refractivity contribution < 1.29 is 4.74 Å². The molecule has 1 atom stereocenters. The monoisotopic (exact) mass is 415 g/mol. The first-order chi connectivity index (χ1) is 12.2. The zero-order chi connectivity index (χ0) is 17.2. The first kappa shape index (κ1) is 16.2. The van der Waals surface area contributed by atoms with Gasteiger partial charge in [-0.1, -0.05) is 36.5 Å². The van der Waals surface area contributed by atoms with E-state index >= 15 is 0 Å².